The van der Waals surface area contributed by atoms with Crippen LogP contribution in [0.2, 0.25) is 0 Å². The molecule has 25 heavy (non-hydrogen) atoms. The van der Waals surface area contributed by atoms with Crippen molar-refractivity contribution in [1.29, 1.82) is 0 Å². The van der Waals surface area contributed by atoms with Crippen molar-refractivity contribution >= 4 is 57.8 Å². The molecule has 2 aromatic carbocycles. The average molecular weight is 465 g/mol. The molecule has 7 heteroatoms. The van der Waals surface area contributed by atoms with Crippen LogP contribution < -0.4 is 16.2 Å². The highest BCUT2D eigenvalue weighted by Crippen LogP contribution is 2.10. The van der Waals surface area contributed by atoms with Crippen LogP contribution in [0.25, 0.3) is 6.08 Å². The predicted molar refractivity (Wildman–Crippen MR) is 111 cm³/mol. The van der Waals surface area contributed by atoms with Crippen LogP contribution in [0.3, 0.4) is 0 Å². The summed E-state index contributed by atoms with van der Waals surface area (Å²) < 4.78 is 0.815. The summed E-state index contributed by atoms with van der Waals surface area (Å²) in [7, 11) is 0. The number of nitrogens with one attached hydrogen (secondary N) is 3. The fourth-order valence-corrected chi connectivity index (χ4v) is 2.64. The maximum absolute atomic E-state index is 12.0. The van der Waals surface area contributed by atoms with Crippen LogP contribution in [0, 0.1) is 10.5 Å². The number of carbonyl (C=O) groups is 2. The Labute approximate surface area is 165 Å². The highest BCUT2D eigenvalue weighted by atomic mass is 127. The Morgan fingerprint density at radius 2 is 1.72 bits per heavy atom. The van der Waals surface area contributed by atoms with Gasteiger partial charge in [-0.05, 0) is 65.5 Å². The van der Waals surface area contributed by atoms with E-state index in [1.165, 1.54) is 6.08 Å². The molecule has 2 rings (SSSR count). The lowest BCUT2D eigenvalue weighted by Crippen LogP contribution is -2.48. The first-order chi connectivity index (χ1) is 12.0. The molecule has 5 nitrogen and oxygen atoms in total. The number of benzene rings is 2. The first-order valence-corrected chi connectivity index (χ1v) is 8.85. The summed E-state index contributed by atoms with van der Waals surface area (Å²) in [6.07, 6.45) is 3.06. The van der Waals surface area contributed by atoms with Crippen LogP contribution in [-0.4, -0.2) is 16.9 Å². The van der Waals surface area contributed by atoms with Crippen LogP contribution in [0.1, 0.15) is 21.5 Å². The number of aryl methyl sites for hydroxylation is 1. The van der Waals surface area contributed by atoms with Crippen molar-refractivity contribution in [2.24, 2.45) is 0 Å². The molecule has 128 valence electrons. The van der Waals surface area contributed by atoms with Crippen molar-refractivity contribution in [3.05, 3.63) is 74.9 Å². The molecule has 0 aliphatic heterocycles. The fourth-order valence-electron chi connectivity index (χ4n) is 1.86. The summed E-state index contributed by atoms with van der Waals surface area (Å²) >= 11 is 7.06. The van der Waals surface area contributed by atoms with Crippen molar-refractivity contribution < 1.29 is 9.59 Å². The lowest BCUT2D eigenvalue weighted by atomic mass is 10.1. The summed E-state index contributed by atoms with van der Waals surface area (Å²) in [4.78, 5) is 23.9. The molecule has 0 saturated heterocycles. The Bertz CT molecular complexity index is 819. The van der Waals surface area contributed by atoms with Gasteiger partial charge in [0, 0.05) is 9.65 Å². The van der Waals surface area contributed by atoms with Gasteiger partial charge in [0.25, 0.3) is 5.91 Å². The van der Waals surface area contributed by atoms with Crippen LogP contribution in [0.15, 0.2) is 54.6 Å². The standard InChI is InChI=1S/C18H16IN3O2S/c1-12-6-8-13(9-7-12)10-11-16(23)20-18(25)22-21-17(24)14-4-2-3-5-15(14)19/h2-11H,1H3,(H,21,24)(H2,20,22,23,25). The zero-order valence-corrected chi connectivity index (χ0v) is 16.4. The van der Waals surface area contributed by atoms with Gasteiger partial charge < -0.3 is 0 Å². The van der Waals surface area contributed by atoms with E-state index in [1.807, 2.05) is 43.3 Å². The number of carbonyl (C=O) groups excluding carboxylic acids is 2. The van der Waals surface area contributed by atoms with E-state index in [1.54, 1.807) is 18.2 Å². The smallest absolute Gasteiger partial charge is 0.270 e. The minimum absolute atomic E-state index is 0.0119. The SMILES string of the molecule is Cc1ccc(C=CC(=O)NC(=S)NNC(=O)c2ccccc2I)cc1. The molecular weight excluding hydrogens is 449 g/mol. The number of thiocarbonyl (C=S) groups is 1. The molecule has 0 atom stereocenters. The van der Waals surface area contributed by atoms with Gasteiger partial charge in [0.05, 0.1) is 5.56 Å². The molecule has 0 aliphatic carbocycles. The Hall–Kier alpha value is -2.26. The Balaban J connectivity index is 1.81. The van der Waals surface area contributed by atoms with Crippen molar-refractivity contribution in [2.75, 3.05) is 0 Å². The second kappa shape index (κ2) is 9.28. The third-order valence-electron chi connectivity index (χ3n) is 3.15. The summed E-state index contributed by atoms with van der Waals surface area (Å²) in [5, 5.41) is 2.47. The fraction of sp³-hybridized carbons (Fsp3) is 0.0556. The first kappa shape index (κ1) is 19.1. The van der Waals surface area contributed by atoms with Crippen molar-refractivity contribution in [3.63, 3.8) is 0 Å². The Morgan fingerprint density at radius 3 is 2.40 bits per heavy atom. The molecule has 0 aromatic heterocycles. The number of hydrazine groups is 1. The predicted octanol–water partition coefficient (Wildman–Crippen LogP) is 2.95. The van der Waals surface area contributed by atoms with E-state index in [2.05, 4.69) is 38.8 Å². The Morgan fingerprint density at radius 1 is 1.04 bits per heavy atom. The highest BCUT2D eigenvalue weighted by Gasteiger charge is 2.09. The molecule has 0 fully saturated rings. The van der Waals surface area contributed by atoms with Gasteiger partial charge in [-0.15, -0.1) is 0 Å². The molecule has 0 heterocycles. The molecule has 0 aliphatic rings. The number of hydrogen-bond acceptors (Lipinski definition) is 3. The van der Waals surface area contributed by atoms with Crippen molar-refractivity contribution in [1.82, 2.24) is 16.2 Å². The van der Waals surface area contributed by atoms with Gasteiger partial charge in [-0.25, -0.2) is 0 Å². The molecular formula is C18H16IN3O2S. The monoisotopic (exact) mass is 465 g/mol. The lowest BCUT2D eigenvalue weighted by molar-refractivity contribution is -0.115. The second-order valence-electron chi connectivity index (χ2n) is 5.12. The summed E-state index contributed by atoms with van der Waals surface area (Å²) in [6.45, 7) is 2.00. The van der Waals surface area contributed by atoms with Crippen molar-refractivity contribution in [3.8, 4) is 0 Å². The summed E-state index contributed by atoms with van der Waals surface area (Å²) in [6, 6.07) is 14.9. The topological polar surface area (TPSA) is 70.2 Å². The van der Waals surface area contributed by atoms with Gasteiger partial charge in [-0.1, -0.05) is 42.0 Å². The minimum Gasteiger partial charge on any atom is -0.298 e. The normalized spacial score (nSPS) is 10.3. The molecule has 2 amide bonds. The number of rotatable bonds is 3. The number of hydrogen-bond donors (Lipinski definition) is 3. The molecule has 0 spiro atoms. The van der Waals surface area contributed by atoms with E-state index in [0.717, 1.165) is 14.7 Å². The maximum atomic E-state index is 12.0. The van der Waals surface area contributed by atoms with Crippen LogP contribution in [-0.2, 0) is 4.79 Å². The minimum atomic E-state index is -0.387. The molecule has 0 saturated carbocycles. The molecule has 0 unspecified atom stereocenters. The highest BCUT2D eigenvalue weighted by molar-refractivity contribution is 14.1. The van der Waals surface area contributed by atoms with E-state index in [-0.39, 0.29) is 16.9 Å². The van der Waals surface area contributed by atoms with E-state index in [0.29, 0.717) is 5.56 Å². The third kappa shape index (κ3) is 6.28. The number of amides is 2. The largest absolute Gasteiger partial charge is 0.298 e. The van der Waals surface area contributed by atoms with E-state index in [9.17, 15) is 9.59 Å². The van der Waals surface area contributed by atoms with Crippen LogP contribution in [0.4, 0.5) is 0 Å². The van der Waals surface area contributed by atoms with Gasteiger partial charge >= 0.3 is 0 Å². The third-order valence-corrected chi connectivity index (χ3v) is 4.29. The lowest BCUT2D eigenvalue weighted by Gasteiger charge is -2.10. The quantitative estimate of drug-likeness (QED) is 0.282. The van der Waals surface area contributed by atoms with E-state index >= 15 is 0 Å². The molecule has 2 aromatic rings. The van der Waals surface area contributed by atoms with Gasteiger partial charge in [0.1, 0.15) is 0 Å². The van der Waals surface area contributed by atoms with Gasteiger partial charge in [0.2, 0.25) is 5.91 Å². The maximum Gasteiger partial charge on any atom is 0.270 e. The number of halogens is 1. The average Bonchev–Trinajstić information content (AvgIpc) is 2.59. The Kier molecular flexibility index (Phi) is 7.08. The molecule has 0 bridgehead atoms. The van der Waals surface area contributed by atoms with Crippen LogP contribution >= 0.6 is 34.8 Å². The summed E-state index contributed by atoms with van der Waals surface area (Å²) in [5.41, 5.74) is 7.53. The van der Waals surface area contributed by atoms with Crippen molar-refractivity contribution in [2.45, 2.75) is 6.92 Å². The zero-order valence-electron chi connectivity index (χ0n) is 13.4. The zero-order chi connectivity index (χ0) is 18.2. The van der Waals surface area contributed by atoms with Crippen LogP contribution in [0.5, 0.6) is 0 Å². The van der Waals surface area contributed by atoms with E-state index in [4.69, 9.17) is 12.2 Å². The van der Waals surface area contributed by atoms with Gasteiger partial charge in [-0.3, -0.25) is 25.8 Å². The molecule has 0 radical (unpaired) electrons. The summed E-state index contributed by atoms with van der Waals surface area (Å²) in [5.74, 6) is -0.724. The van der Waals surface area contributed by atoms with Gasteiger partial charge in [-0.2, -0.15) is 0 Å². The van der Waals surface area contributed by atoms with Gasteiger partial charge in [0.15, 0.2) is 5.11 Å². The second-order valence-corrected chi connectivity index (χ2v) is 6.69. The molecule has 3 N–H and O–H groups in total. The first-order valence-electron chi connectivity index (χ1n) is 7.36. The van der Waals surface area contributed by atoms with E-state index < -0.39 is 0 Å².